The minimum atomic E-state index is 0.0130. The molecule has 0 N–H and O–H groups in total. The van der Waals surface area contributed by atoms with Gasteiger partial charge in [-0.3, -0.25) is 4.79 Å². The molecule has 1 aliphatic rings. The number of nitrogens with zero attached hydrogens (tertiary/aromatic N) is 1. The number of rotatable bonds is 2. The number of hydrogen-bond donors (Lipinski definition) is 0. The Morgan fingerprint density at radius 3 is 3.00 bits per heavy atom. The molecule has 0 bridgehead atoms. The molecule has 0 saturated carbocycles. The van der Waals surface area contributed by atoms with Gasteiger partial charge in [0, 0.05) is 11.4 Å². The molecule has 0 aliphatic carbocycles. The van der Waals surface area contributed by atoms with E-state index in [4.69, 9.17) is 4.42 Å². The molecule has 94 valence electrons. The predicted molar refractivity (Wildman–Crippen MR) is 70.8 cm³/mol. The average molecular weight is 261 g/mol. The SMILES string of the molecule is Cc1ccc(C(=O)N2CCC[C@H]2c2cccs2)o1. The van der Waals surface area contributed by atoms with Crippen molar-refractivity contribution in [1.29, 1.82) is 0 Å². The standard InChI is InChI=1S/C14H15NO2S/c1-10-6-7-12(17-10)14(16)15-8-2-4-11(15)13-5-3-9-18-13/h3,5-7,9,11H,2,4,8H2,1H3/t11-/m0/s1. The number of furan rings is 1. The number of hydrogen-bond acceptors (Lipinski definition) is 3. The van der Waals surface area contributed by atoms with Crippen molar-refractivity contribution in [1.82, 2.24) is 4.90 Å². The van der Waals surface area contributed by atoms with E-state index >= 15 is 0 Å². The highest BCUT2D eigenvalue weighted by atomic mass is 32.1. The van der Waals surface area contributed by atoms with Crippen LogP contribution < -0.4 is 0 Å². The Morgan fingerprint density at radius 2 is 2.33 bits per heavy atom. The molecule has 0 radical (unpaired) electrons. The van der Waals surface area contributed by atoms with Gasteiger partial charge in [-0.05, 0) is 43.3 Å². The van der Waals surface area contributed by atoms with Crippen LogP contribution in [0, 0.1) is 6.92 Å². The first kappa shape index (κ1) is 11.5. The lowest BCUT2D eigenvalue weighted by Crippen LogP contribution is -2.29. The Kier molecular flexibility index (Phi) is 2.96. The minimum Gasteiger partial charge on any atom is -0.456 e. The van der Waals surface area contributed by atoms with Crippen LogP contribution in [0.2, 0.25) is 0 Å². The van der Waals surface area contributed by atoms with E-state index in [0.717, 1.165) is 25.1 Å². The van der Waals surface area contributed by atoms with E-state index in [9.17, 15) is 4.79 Å². The molecule has 18 heavy (non-hydrogen) atoms. The molecular weight excluding hydrogens is 246 g/mol. The highest BCUT2D eigenvalue weighted by Crippen LogP contribution is 2.35. The molecule has 1 atom stereocenters. The molecule has 1 amide bonds. The van der Waals surface area contributed by atoms with E-state index in [1.165, 1.54) is 4.88 Å². The molecule has 4 heteroatoms. The fraction of sp³-hybridized carbons (Fsp3) is 0.357. The van der Waals surface area contributed by atoms with Crippen molar-refractivity contribution in [2.45, 2.75) is 25.8 Å². The lowest BCUT2D eigenvalue weighted by Gasteiger charge is -2.22. The molecule has 3 nitrogen and oxygen atoms in total. The minimum absolute atomic E-state index is 0.0130. The van der Waals surface area contributed by atoms with E-state index in [2.05, 4.69) is 11.4 Å². The van der Waals surface area contributed by atoms with Gasteiger partial charge in [0.15, 0.2) is 5.76 Å². The van der Waals surface area contributed by atoms with Gasteiger partial charge in [-0.2, -0.15) is 0 Å². The molecule has 2 aromatic heterocycles. The van der Waals surface area contributed by atoms with E-state index in [0.29, 0.717) is 5.76 Å². The van der Waals surface area contributed by atoms with Crippen LogP contribution in [0.3, 0.4) is 0 Å². The summed E-state index contributed by atoms with van der Waals surface area (Å²) < 4.78 is 5.44. The summed E-state index contributed by atoms with van der Waals surface area (Å²) in [5.74, 6) is 1.25. The number of carbonyl (C=O) groups excluding carboxylic acids is 1. The fourth-order valence-corrected chi connectivity index (χ4v) is 3.35. The summed E-state index contributed by atoms with van der Waals surface area (Å²) in [4.78, 5) is 15.6. The molecule has 1 aliphatic heterocycles. The van der Waals surface area contributed by atoms with Crippen LogP contribution in [0.25, 0.3) is 0 Å². The summed E-state index contributed by atoms with van der Waals surface area (Å²) in [5.41, 5.74) is 0. The Hall–Kier alpha value is -1.55. The Morgan fingerprint density at radius 1 is 1.44 bits per heavy atom. The topological polar surface area (TPSA) is 33.5 Å². The fourth-order valence-electron chi connectivity index (χ4n) is 2.48. The third-order valence-corrected chi connectivity index (χ3v) is 4.31. The van der Waals surface area contributed by atoms with Gasteiger partial charge in [-0.1, -0.05) is 6.07 Å². The molecule has 1 fully saturated rings. The van der Waals surface area contributed by atoms with Crippen molar-refractivity contribution in [2.75, 3.05) is 6.54 Å². The van der Waals surface area contributed by atoms with Crippen LogP contribution in [-0.2, 0) is 0 Å². The largest absolute Gasteiger partial charge is 0.456 e. The zero-order chi connectivity index (χ0) is 12.5. The summed E-state index contributed by atoms with van der Waals surface area (Å²) in [6.45, 7) is 2.68. The van der Waals surface area contributed by atoms with Crippen LogP contribution >= 0.6 is 11.3 Å². The lowest BCUT2D eigenvalue weighted by molar-refractivity contribution is 0.0704. The van der Waals surface area contributed by atoms with Crippen LogP contribution in [0.1, 0.15) is 40.1 Å². The number of amides is 1. The first-order valence-electron chi connectivity index (χ1n) is 6.16. The van der Waals surface area contributed by atoms with Gasteiger partial charge in [-0.25, -0.2) is 0 Å². The van der Waals surface area contributed by atoms with Gasteiger partial charge in [0.05, 0.1) is 6.04 Å². The summed E-state index contributed by atoms with van der Waals surface area (Å²) in [7, 11) is 0. The van der Waals surface area contributed by atoms with Crippen molar-refractivity contribution in [3.05, 3.63) is 46.0 Å². The Labute approximate surface area is 110 Å². The number of thiophene rings is 1. The van der Waals surface area contributed by atoms with Gasteiger partial charge < -0.3 is 9.32 Å². The number of carbonyl (C=O) groups is 1. The zero-order valence-electron chi connectivity index (χ0n) is 10.3. The molecule has 0 aromatic carbocycles. The third-order valence-electron chi connectivity index (χ3n) is 3.34. The van der Waals surface area contributed by atoms with Crippen molar-refractivity contribution in [3.63, 3.8) is 0 Å². The second-order valence-corrected chi connectivity index (χ2v) is 5.56. The van der Waals surface area contributed by atoms with Gasteiger partial charge in [0.2, 0.25) is 0 Å². The van der Waals surface area contributed by atoms with Crippen LogP contribution in [0.15, 0.2) is 34.1 Å². The van der Waals surface area contributed by atoms with Gasteiger partial charge in [0.1, 0.15) is 5.76 Å². The zero-order valence-corrected chi connectivity index (χ0v) is 11.1. The van der Waals surface area contributed by atoms with Crippen molar-refractivity contribution < 1.29 is 9.21 Å². The molecule has 3 heterocycles. The molecule has 0 unspecified atom stereocenters. The second-order valence-electron chi connectivity index (χ2n) is 4.58. The first-order valence-corrected chi connectivity index (χ1v) is 7.04. The molecule has 1 saturated heterocycles. The molecule has 0 spiro atoms. The Balaban J connectivity index is 1.85. The van der Waals surface area contributed by atoms with Gasteiger partial charge in [0.25, 0.3) is 5.91 Å². The Bertz CT molecular complexity index is 544. The monoisotopic (exact) mass is 261 g/mol. The maximum Gasteiger partial charge on any atom is 0.290 e. The molecule has 3 rings (SSSR count). The summed E-state index contributed by atoms with van der Waals surface area (Å²) in [5, 5.41) is 2.06. The van der Waals surface area contributed by atoms with Crippen LogP contribution in [0.4, 0.5) is 0 Å². The quantitative estimate of drug-likeness (QED) is 0.827. The van der Waals surface area contributed by atoms with Crippen LogP contribution in [-0.4, -0.2) is 17.4 Å². The maximum absolute atomic E-state index is 12.4. The number of likely N-dealkylation sites (tertiary alicyclic amines) is 1. The smallest absolute Gasteiger partial charge is 0.290 e. The average Bonchev–Trinajstić information content (AvgIpc) is 3.08. The lowest BCUT2D eigenvalue weighted by atomic mass is 10.2. The van der Waals surface area contributed by atoms with E-state index in [1.807, 2.05) is 24.0 Å². The second kappa shape index (κ2) is 4.61. The van der Waals surface area contributed by atoms with Crippen molar-refractivity contribution >= 4 is 17.2 Å². The van der Waals surface area contributed by atoms with E-state index in [1.54, 1.807) is 17.4 Å². The van der Waals surface area contributed by atoms with Gasteiger partial charge in [-0.15, -0.1) is 11.3 Å². The highest BCUT2D eigenvalue weighted by Gasteiger charge is 2.32. The summed E-state index contributed by atoms with van der Waals surface area (Å²) in [6.07, 6.45) is 2.11. The van der Waals surface area contributed by atoms with Crippen LogP contribution in [0.5, 0.6) is 0 Å². The first-order chi connectivity index (χ1) is 8.75. The van der Waals surface area contributed by atoms with Gasteiger partial charge >= 0.3 is 0 Å². The summed E-state index contributed by atoms with van der Waals surface area (Å²) in [6, 6.07) is 7.97. The predicted octanol–water partition coefficient (Wildman–Crippen LogP) is 3.63. The molecular formula is C14H15NO2S. The molecule has 2 aromatic rings. The highest BCUT2D eigenvalue weighted by molar-refractivity contribution is 7.10. The van der Waals surface area contributed by atoms with E-state index < -0.39 is 0 Å². The summed E-state index contributed by atoms with van der Waals surface area (Å²) >= 11 is 1.72. The number of aryl methyl sites for hydroxylation is 1. The maximum atomic E-state index is 12.4. The third kappa shape index (κ3) is 1.97. The van der Waals surface area contributed by atoms with Crippen molar-refractivity contribution in [3.8, 4) is 0 Å². The van der Waals surface area contributed by atoms with E-state index in [-0.39, 0.29) is 11.9 Å². The van der Waals surface area contributed by atoms with Crippen molar-refractivity contribution in [2.24, 2.45) is 0 Å². The normalized spacial score (nSPS) is 19.4.